The highest BCUT2D eigenvalue weighted by atomic mass is 16.5. The number of benzene rings is 3. The van der Waals surface area contributed by atoms with E-state index in [2.05, 4.69) is 157 Å². The lowest BCUT2D eigenvalue weighted by Crippen LogP contribution is -2.21. The van der Waals surface area contributed by atoms with Gasteiger partial charge < -0.3 is 4.74 Å². The fourth-order valence-electron chi connectivity index (χ4n) is 8.71. The second kappa shape index (κ2) is 14.1. The van der Waals surface area contributed by atoms with E-state index in [1.807, 2.05) is 6.20 Å². The van der Waals surface area contributed by atoms with Crippen LogP contribution in [0.1, 0.15) is 109 Å². The third kappa shape index (κ3) is 6.83. The van der Waals surface area contributed by atoms with Gasteiger partial charge in [0.1, 0.15) is 17.3 Å². The Morgan fingerprint density at radius 2 is 1.65 bits per heavy atom. The van der Waals surface area contributed by atoms with E-state index in [1.165, 1.54) is 45.2 Å². The number of hydrogen-bond acceptors (Lipinski definition) is 3. The van der Waals surface area contributed by atoms with E-state index in [1.54, 1.807) is 0 Å². The predicted molar refractivity (Wildman–Crippen MR) is 218 cm³/mol. The quantitative estimate of drug-likeness (QED) is 0.142. The number of ether oxygens (including phenoxy) is 1. The molecule has 1 aliphatic carbocycles. The third-order valence-electron chi connectivity index (χ3n) is 10.9. The van der Waals surface area contributed by atoms with Crippen LogP contribution in [0.15, 0.2) is 90.6 Å². The zero-order valence-electron chi connectivity index (χ0n) is 32.9. The molecule has 0 radical (unpaired) electrons. The van der Waals surface area contributed by atoms with Crippen LogP contribution >= 0.6 is 0 Å². The van der Waals surface area contributed by atoms with E-state index in [4.69, 9.17) is 14.8 Å². The molecule has 0 spiro atoms. The molecule has 0 fully saturated rings. The maximum absolute atomic E-state index is 6.87. The molecule has 5 heteroatoms. The van der Waals surface area contributed by atoms with E-state index in [0.29, 0.717) is 23.7 Å². The van der Waals surface area contributed by atoms with Crippen molar-refractivity contribution in [1.82, 2.24) is 19.3 Å². The lowest BCUT2D eigenvalue weighted by molar-refractivity contribution is 0.388. The summed E-state index contributed by atoms with van der Waals surface area (Å²) in [5.74, 6) is 4.60. The SMILES string of the molecule is CCCc1ccnc(-n2c3ccccc3c3ccc(Oc4cc(-n5nc(C)c(C6C(C)=C[C@H](C)C[C@@H]6C)c5CC(C)C)cc(C(C)(C)C)c4)cc32)c1. The minimum Gasteiger partial charge on any atom is -0.457 e. The summed E-state index contributed by atoms with van der Waals surface area (Å²) in [6.45, 7) is 23.0. The maximum atomic E-state index is 6.87. The van der Waals surface area contributed by atoms with Gasteiger partial charge in [0.25, 0.3) is 0 Å². The molecule has 5 nitrogen and oxygen atoms in total. The van der Waals surface area contributed by atoms with Crippen LogP contribution in [0, 0.1) is 24.7 Å². The molecule has 0 amide bonds. The van der Waals surface area contributed by atoms with Crippen LogP contribution in [0.25, 0.3) is 33.3 Å². The van der Waals surface area contributed by atoms with E-state index in [9.17, 15) is 0 Å². The highest BCUT2D eigenvalue weighted by molar-refractivity contribution is 6.09. The van der Waals surface area contributed by atoms with Gasteiger partial charge in [-0.2, -0.15) is 5.10 Å². The van der Waals surface area contributed by atoms with Gasteiger partial charge in [-0.05, 0) is 110 Å². The summed E-state index contributed by atoms with van der Waals surface area (Å²) in [7, 11) is 0. The molecule has 0 bridgehead atoms. The third-order valence-corrected chi connectivity index (χ3v) is 10.9. The van der Waals surface area contributed by atoms with Crippen LogP contribution in [0.3, 0.4) is 0 Å². The number of nitrogens with zero attached hydrogens (tertiary/aromatic N) is 4. The number of aromatic nitrogens is 4. The Morgan fingerprint density at radius 1 is 0.885 bits per heavy atom. The molecule has 3 atom stereocenters. The molecule has 1 unspecified atom stereocenters. The van der Waals surface area contributed by atoms with Crippen LogP contribution in [0.5, 0.6) is 11.5 Å². The summed E-state index contributed by atoms with van der Waals surface area (Å²) in [5, 5.41) is 7.71. The number of pyridine rings is 1. The smallest absolute Gasteiger partial charge is 0.137 e. The van der Waals surface area contributed by atoms with Gasteiger partial charge in [-0.25, -0.2) is 9.67 Å². The Bertz CT molecular complexity index is 2280. The lowest BCUT2D eigenvalue weighted by Gasteiger charge is -2.33. The van der Waals surface area contributed by atoms with Gasteiger partial charge >= 0.3 is 0 Å². The van der Waals surface area contributed by atoms with Crippen molar-refractivity contribution in [3.63, 3.8) is 0 Å². The molecule has 0 N–H and O–H groups in total. The monoisotopic (exact) mass is 692 g/mol. The Balaban J connectivity index is 1.36. The summed E-state index contributed by atoms with van der Waals surface area (Å²) in [4.78, 5) is 4.86. The number of rotatable bonds is 9. The van der Waals surface area contributed by atoms with Gasteiger partial charge in [0.05, 0.1) is 22.4 Å². The summed E-state index contributed by atoms with van der Waals surface area (Å²) < 4.78 is 11.4. The molecule has 3 aromatic heterocycles. The van der Waals surface area contributed by atoms with Crippen molar-refractivity contribution in [2.45, 2.75) is 106 Å². The van der Waals surface area contributed by atoms with Crippen LogP contribution < -0.4 is 4.74 Å². The van der Waals surface area contributed by atoms with Crippen LogP contribution in [-0.4, -0.2) is 19.3 Å². The van der Waals surface area contributed by atoms with Crippen molar-refractivity contribution < 1.29 is 4.74 Å². The van der Waals surface area contributed by atoms with E-state index >= 15 is 0 Å². The van der Waals surface area contributed by atoms with Gasteiger partial charge in [0.2, 0.25) is 0 Å². The molecule has 0 saturated carbocycles. The average Bonchev–Trinajstić information content (AvgIpc) is 3.57. The number of para-hydroxylation sites is 1. The maximum Gasteiger partial charge on any atom is 0.137 e. The minimum atomic E-state index is -0.0870. The standard InChI is InChI=1S/C47H56N4O/c1-11-14-34-19-20-48-44(24-34)50-41-16-13-12-15-39(41)40-18-17-37(28-42(40)50)52-38-26-35(47(8,9)10)25-36(27-38)51-43(21-29(2)3)46(33(7)49-51)45-31(5)22-30(4)23-32(45)6/h12-13,15-20,22,24-30,32,45H,11,14,21,23H2,1-10H3/t30-,32-,45?/m0/s1. The van der Waals surface area contributed by atoms with Crippen molar-refractivity contribution in [2.24, 2.45) is 17.8 Å². The summed E-state index contributed by atoms with van der Waals surface area (Å²) in [6, 6.07) is 26.1. The zero-order chi connectivity index (χ0) is 36.9. The Morgan fingerprint density at radius 3 is 2.38 bits per heavy atom. The van der Waals surface area contributed by atoms with Crippen molar-refractivity contribution >= 4 is 21.8 Å². The van der Waals surface area contributed by atoms with Crippen molar-refractivity contribution in [1.29, 1.82) is 0 Å². The Labute approximate surface area is 310 Å². The molecule has 3 aromatic carbocycles. The predicted octanol–water partition coefficient (Wildman–Crippen LogP) is 12.6. The first-order valence-electron chi connectivity index (χ1n) is 19.4. The normalized spacial score (nSPS) is 18.1. The fraction of sp³-hybridized carbons (Fsp3) is 0.404. The Kier molecular flexibility index (Phi) is 9.67. The average molecular weight is 693 g/mol. The molecule has 1 aliphatic rings. The second-order valence-electron chi connectivity index (χ2n) is 16.9. The van der Waals surface area contributed by atoms with Crippen LogP contribution in [-0.2, 0) is 18.3 Å². The molecular formula is C47H56N4O. The number of hydrogen-bond donors (Lipinski definition) is 0. The first kappa shape index (κ1) is 35.7. The summed E-state index contributed by atoms with van der Waals surface area (Å²) in [5.41, 5.74) is 11.1. The van der Waals surface area contributed by atoms with E-state index in [-0.39, 0.29) is 5.41 Å². The number of aryl methyl sites for hydroxylation is 2. The number of allylic oxidation sites excluding steroid dienone is 2. The molecule has 0 saturated heterocycles. The molecule has 6 aromatic rings. The highest BCUT2D eigenvalue weighted by Gasteiger charge is 2.33. The Hall–Kier alpha value is -4.64. The topological polar surface area (TPSA) is 44.9 Å². The zero-order valence-corrected chi connectivity index (χ0v) is 32.9. The molecule has 270 valence electrons. The van der Waals surface area contributed by atoms with Gasteiger partial charge in [-0.1, -0.05) is 91.7 Å². The molecular weight excluding hydrogens is 637 g/mol. The van der Waals surface area contributed by atoms with Gasteiger partial charge in [0, 0.05) is 46.3 Å². The first-order chi connectivity index (χ1) is 24.8. The van der Waals surface area contributed by atoms with E-state index in [0.717, 1.165) is 59.0 Å². The summed E-state index contributed by atoms with van der Waals surface area (Å²) in [6.07, 6.45) is 8.71. The van der Waals surface area contributed by atoms with Crippen molar-refractivity contribution in [2.75, 3.05) is 0 Å². The molecule has 7 rings (SSSR count). The van der Waals surface area contributed by atoms with Gasteiger partial charge in [-0.3, -0.25) is 4.57 Å². The largest absolute Gasteiger partial charge is 0.457 e. The lowest BCUT2D eigenvalue weighted by atomic mass is 9.72. The van der Waals surface area contributed by atoms with Gasteiger partial charge in [-0.15, -0.1) is 0 Å². The second-order valence-corrected chi connectivity index (χ2v) is 16.9. The molecule has 52 heavy (non-hydrogen) atoms. The van der Waals surface area contributed by atoms with Crippen LogP contribution in [0.4, 0.5) is 0 Å². The van der Waals surface area contributed by atoms with E-state index < -0.39 is 0 Å². The minimum absolute atomic E-state index is 0.0870. The van der Waals surface area contributed by atoms with Crippen molar-refractivity contribution in [3.05, 3.63) is 119 Å². The number of fused-ring (bicyclic) bond motifs is 3. The van der Waals surface area contributed by atoms with Crippen molar-refractivity contribution in [3.8, 4) is 23.0 Å². The van der Waals surface area contributed by atoms with Crippen LogP contribution in [0.2, 0.25) is 0 Å². The highest BCUT2D eigenvalue weighted by Crippen LogP contribution is 2.44. The molecule has 3 heterocycles. The first-order valence-corrected chi connectivity index (χ1v) is 19.4. The fourth-order valence-corrected chi connectivity index (χ4v) is 8.71. The molecule has 0 aliphatic heterocycles. The van der Waals surface area contributed by atoms with Gasteiger partial charge in [0.15, 0.2) is 0 Å². The summed E-state index contributed by atoms with van der Waals surface area (Å²) >= 11 is 0.